The number of carbonyl (C=O) groups is 1. The van der Waals surface area contributed by atoms with Crippen LogP contribution in [0.1, 0.15) is 15.2 Å². The van der Waals surface area contributed by atoms with Gasteiger partial charge < -0.3 is 9.64 Å². The van der Waals surface area contributed by atoms with Crippen LogP contribution in [-0.2, 0) is 6.54 Å². The zero-order valence-corrected chi connectivity index (χ0v) is 16.0. The molecule has 0 saturated carbocycles. The van der Waals surface area contributed by atoms with Gasteiger partial charge in [0.1, 0.15) is 5.75 Å². The quantitative estimate of drug-likeness (QED) is 0.737. The number of aromatic nitrogens is 2. The second kappa shape index (κ2) is 7.94. The lowest BCUT2D eigenvalue weighted by molar-refractivity contribution is 0.0630. The maximum atomic E-state index is 13.0. The van der Waals surface area contributed by atoms with Crippen molar-refractivity contribution in [1.82, 2.24) is 20.0 Å². The maximum absolute atomic E-state index is 13.0. The Morgan fingerprint density at radius 2 is 1.96 bits per heavy atom. The van der Waals surface area contributed by atoms with E-state index in [9.17, 15) is 4.79 Å². The summed E-state index contributed by atoms with van der Waals surface area (Å²) in [5.74, 6) is 0.818. The van der Waals surface area contributed by atoms with Crippen molar-refractivity contribution in [3.8, 4) is 17.0 Å². The predicted octanol–water partition coefficient (Wildman–Crippen LogP) is 3.10. The summed E-state index contributed by atoms with van der Waals surface area (Å²) in [5, 5.41) is 9.19. The van der Waals surface area contributed by atoms with Gasteiger partial charge in [0, 0.05) is 43.2 Å². The lowest BCUT2D eigenvalue weighted by Crippen LogP contribution is -2.48. The molecule has 3 heterocycles. The molecule has 140 valence electrons. The number of benzene rings is 1. The Hall–Kier alpha value is -2.64. The molecule has 6 nitrogen and oxygen atoms in total. The van der Waals surface area contributed by atoms with Crippen molar-refractivity contribution in [3.05, 3.63) is 58.4 Å². The molecule has 1 aliphatic heterocycles. The molecule has 0 aliphatic carbocycles. The molecule has 27 heavy (non-hydrogen) atoms. The highest BCUT2D eigenvalue weighted by atomic mass is 32.1. The highest BCUT2D eigenvalue weighted by molar-refractivity contribution is 7.09. The summed E-state index contributed by atoms with van der Waals surface area (Å²) in [7, 11) is 1.64. The Kier molecular flexibility index (Phi) is 5.22. The largest absolute Gasteiger partial charge is 0.497 e. The minimum Gasteiger partial charge on any atom is -0.497 e. The molecule has 0 bridgehead atoms. The number of amides is 1. The number of H-pyrrole nitrogens is 1. The van der Waals surface area contributed by atoms with Crippen LogP contribution in [0.5, 0.6) is 5.75 Å². The van der Waals surface area contributed by atoms with Crippen molar-refractivity contribution in [3.63, 3.8) is 0 Å². The summed E-state index contributed by atoms with van der Waals surface area (Å²) < 4.78 is 5.20. The van der Waals surface area contributed by atoms with Gasteiger partial charge in [0.25, 0.3) is 5.91 Å². The van der Waals surface area contributed by atoms with Gasteiger partial charge in [-0.05, 0) is 35.7 Å². The van der Waals surface area contributed by atoms with Gasteiger partial charge >= 0.3 is 0 Å². The first-order chi connectivity index (χ1) is 13.2. The second-order valence-corrected chi connectivity index (χ2v) is 7.57. The molecule has 0 unspecified atom stereocenters. The van der Waals surface area contributed by atoms with Crippen molar-refractivity contribution in [1.29, 1.82) is 0 Å². The van der Waals surface area contributed by atoms with Crippen LogP contribution in [0, 0.1) is 0 Å². The third kappa shape index (κ3) is 3.89. The normalized spacial score (nSPS) is 15.1. The average molecular weight is 382 g/mol. The Balaban J connectivity index is 1.42. The number of nitrogens with one attached hydrogen (secondary N) is 1. The van der Waals surface area contributed by atoms with E-state index in [-0.39, 0.29) is 5.91 Å². The van der Waals surface area contributed by atoms with Gasteiger partial charge in [-0.15, -0.1) is 11.3 Å². The molecule has 2 aromatic heterocycles. The third-order valence-corrected chi connectivity index (χ3v) is 5.73. The van der Waals surface area contributed by atoms with E-state index in [4.69, 9.17) is 4.74 Å². The van der Waals surface area contributed by atoms with Gasteiger partial charge in [-0.1, -0.05) is 6.07 Å². The van der Waals surface area contributed by atoms with Crippen molar-refractivity contribution in [2.24, 2.45) is 0 Å². The van der Waals surface area contributed by atoms with E-state index in [1.165, 1.54) is 4.88 Å². The summed E-state index contributed by atoms with van der Waals surface area (Å²) in [6, 6.07) is 11.9. The smallest absolute Gasteiger partial charge is 0.257 e. The van der Waals surface area contributed by atoms with Crippen LogP contribution in [0.15, 0.2) is 48.0 Å². The molecule has 0 spiro atoms. The number of nitrogens with zero attached hydrogens (tertiary/aromatic N) is 3. The van der Waals surface area contributed by atoms with Crippen LogP contribution in [0.3, 0.4) is 0 Å². The third-order valence-electron chi connectivity index (χ3n) is 4.87. The van der Waals surface area contributed by atoms with Gasteiger partial charge in [0.15, 0.2) is 0 Å². The van der Waals surface area contributed by atoms with Crippen LogP contribution in [0.4, 0.5) is 0 Å². The Bertz CT molecular complexity index is 881. The molecule has 0 radical (unpaired) electrons. The lowest BCUT2D eigenvalue weighted by atomic mass is 10.1. The number of ether oxygens (including phenoxy) is 1. The SMILES string of the molecule is COc1ccc(-c2[nH]ncc2C(=O)N2CCN(Cc3cccs3)CC2)cc1. The molecule has 1 amide bonds. The zero-order valence-electron chi connectivity index (χ0n) is 15.2. The van der Waals surface area contributed by atoms with Gasteiger partial charge in [-0.25, -0.2) is 0 Å². The van der Waals surface area contributed by atoms with E-state index in [2.05, 4.69) is 32.6 Å². The number of rotatable bonds is 5. The highest BCUT2D eigenvalue weighted by Crippen LogP contribution is 2.25. The summed E-state index contributed by atoms with van der Waals surface area (Å²) in [6.07, 6.45) is 1.62. The predicted molar refractivity (Wildman–Crippen MR) is 106 cm³/mol. The molecule has 0 atom stereocenters. The number of aromatic amines is 1. The van der Waals surface area contributed by atoms with Crippen LogP contribution >= 0.6 is 11.3 Å². The van der Waals surface area contributed by atoms with E-state index in [0.29, 0.717) is 5.56 Å². The van der Waals surface area contributed by atoms with Gasteiger partial charge in [-0.2, -0.15) is 5.10 Å². The van der Waals surface area contributed by atoms with Crippen molar-refractivity contribution in [2.75, 3.05) is 33.3 Å². The number of thiophene rings is 1. The molecule has 4 rings (SSSR count). The Labute approximate surface area is 162 Å². The van der Waals surface area contributed by atoms with E-state index in [1.807, 2.05) is 29.2 Å². The van der Waals surface area contributed by atoms with E-state index < -0.39 is 0 Å². The molecular formula is C20H22N4O2S. The summed E-state index contributed by atoms with van der Waals surface area (Å²) in [5.41, 5.74) is 2.29. The van der Waals surface area contributed by atoms with E-state index in [0.717, 1.165) is 49.7 Å². The van der Waals surface area contributed by atoms with Crippen LogP contribution < -0.4 is 4.74 Å². The number of hydrogen-bond acceptors (Lipinski definition) is 5. The second-order valence-electron chi connectivity index (χ2n) is 6.53. The first-order valence-corrected chi connectivity index (χ1v) is 9.84. The monoisotopic (exact) mass is 382 g/mol. The first-order valence-electron chi connectivity index (χ1n) is 8.96. The van der Waals surface area contributed by atoms with Gasteiger partial charge in [-0.3, -0.25) is 14.8 Å². The van der Waals surface area contributed by atoms with Crippen LogP contribution in [0.25, 0.3) is 11.3 Å². The number of hydrogen-bond donors (Lipinski definition) is 1. The number of piperazine rings is 1. The summed E-state index contributed by atoms with van der Waals surface area (Å²) >= 11 is 1.78. The average Bonchev–Trinajstić information content (AvgIpc) is 3.40. The fraction of sp³-hybridized carbons (Fsp3) is 0.300. The minimum absolute atomic E-state index is 0.0327. The molecular weight excluding hydrogens is 360 g/mol. The van der Waals surface area contributed by atoms with E-state index in [1.54, 1.807) is 24.6 Å². The fourth-order valence-electron chi connectivity index (χ4n) is 3.33. The van der Waals surface area contributed by atoms with Crippen molar-refractivity contribution >= 4 is 17.2 Å². The first kappa shape index (κ1) is 17.8. The lowest BCUT2D eigenvalue weighted by Gasteiger charge is -2.34. The maximum Gasteiger partial charge on any atom is 0.257 e. The molecule has 1 aliphatic rings. The molecule has 1 fully saturated rings. The Morgan fingerprint density at radius 3 is 2.63 bits per heavy atom. The van der Waals surface area contributed by atoms with Crippen molar-refractivity contribution < 1.29 is 9.53 Å². The minimum atomic E-state index is 0.0327. The zero-order chi connectivity index (χ0) is 18.6. The summed E-state index contributed by atoms with van der Waals surface area (Å²) in [6.45, 7) is 4.20. The molecule has 1 saturated heterocycles. The number of carbonyl (C=O) groups excluding carboxylic acids is 1. The number of methoxy groups -OCH3 is 1. The summed E-state index contributed by atoms with van der Waals surface area (Å²) in [4.78, 5) is 18.7. The van der Waals surface area contributed by atoms with Crippen LogP contribution in [0.2, 0.25) is 0 Å². The van der Waals surface area contributed by atoms with Gasteiger partial charge in [0.2, 0.25) is 0 Å². The van der Waals surface area contributed by atoms with Crippen molar-refractivity contribution in [2.45, 2.75) is 6.54 Å². The van der Waals surface area contributed by atoms with Crippen LogP contribution in [-0.4, -0.2) is 59.2 Å². The topological polar surface area (TPSA) is 61.5 Å². The fourth-order valence-corrected chi connectivity index (χ4v) is 4.07. The van der Waals surface area contributed by atoms with Gasteiger partial charge in [0.05, 0.1) is 24.6 Å². The van der Waals surface area contributed by atoms with E-state index >= 15 is 0 Å². The molecule has 1 N–H and O–H groups in total. The molecule has 7 heteroatoms. The Morgan fingerprint density at radius 1 is 1.19 bits per heavy atom. The molecule has 1 aromatic carbocycles. The highest BCUT2D eigenvalue weighted by Gasteiger charge is 2.25. The standard InChI is InChI=1S/C20H22N4O2S/c1-26-16-6-4-15(5-7-16)19-18(13-21-22-19)20(25)24-10-8-23(9-11-24)14-17-3-2-12-27-17/h2-7,12-13H,8-11,14H2,1H3,(H,21,22). The molecule has 3 aromatic rings.